The molecule has 1 unspecified atom stereocenters. The van der Waals surface area contributed by atoms with Gasteiger partial charge in [-0.15, -0.1) is 6.58 Å². The molecule has 3 nitrogen and oxygen atoms in total. The molecule has 0 radical (unpaired) electrons. The number of hydrogen-bond acceptors (Lipinski definition) is 2. The van der Waals surface area contributed by atoms with E-state index in [1.165, 1.54) is 5.69 Å². The average molecular weight is 179 g/mol. The monoisotopic (exact) mass is 179 g/mol. The molecule has 1 aromatic rings. The summed E-state index contributed by atoms with van der Waals surface area (Å²) in [5.41, 5.74) is 2.27. The Morgan fingerprint density at radius 1 is 1.77 bits per heavy atom. The van der Waals surface area contributed by atoms with Crippen LogP contribution in [-0.4, -0.2) is 16.8 Å². The number of hydrogen-bond donors (Lipinski definition) is 1. The maximum absolute atomic E-state index is 4.30. The molecule has 3 heteroatoms. The molecule has 1 N–H and O–H groups in total. The summed E-state index contributed by atoms with van der Waals surface area (Å²) >= 11 is 0. The molecule has 0 aliphatic heterocycles. The molecule has 0 amide bonds. The van der Waals surface area contributed by atoms with Gasteiger partial charge in [0, 0.05) is 7.05 Å². The highest BCUT2D eigenvalue weighted by Crippen LogP contribution is 2.16. The van der Waals surface area contributed by atoms with Gasteiger partial charge in [-0.1, -0.05) is 6.08 Å². The largest absolute Gasteiger partial charge is 0.311 e. The van der Waals surface area contributed by atoms with Crippen molar-refractivity contribution in [2.24, 2.45) is 7.05 Å². The summed E-state index contributed by atoms with van der Waals surface area (Å²) in [4.78, 5) is 0. The highest BCUT2D eigenvalue weighted by atomic mass is 15.3. The maximum Gasteiger partial charge on any atom is 0.0597 e. The standard InChI is InChI=1S/C10H17N3/c1-5-6-9(11-3)10-7-8(2)12-13(10)4/h5,7,9,11H,1,6H2,2-4H3. The first kappa shape index (κ1) is 9.99. The zero-order valence-electron chi connectivity index (χ0n) is 8.54. The molecule has 1 atom stereocenters. The van der Waals surface area contributed by atoms with Crippen LogP contribution in [0, 0.1) is 6.92 Å². The average Bonchev–Trinajstić information content (AvgIpc) is 2.41. The Labute approximate surface area is 79.5 Å². The molecule has 0 aliphatic rings. The minimum atomic E-state index is 0.323. The van der Waals surface area contributed by atoms with Crippen LogP contribution < -0.4 is 5.32 Å². The number of nitrogens with one attached hydrogen (secondary N) is 1. The second-order valence-electron chi connectivity index (χ2n) is 3.20. The van der Waals surface area contributed by atoms with Gasteiger partial charge in [0.05, 0.1) is 17.4 Å². The van der Waals surface area contributed by atoms with Crippen LogP contribution in [0.1, 0.15) is 23.9 Å². The molecule has 0 bridgehead atoms. The summed E-state index contributed by atoms with van der Waals surface area (Å²) in [5, 5.41) is 7.55. The first-order chi connectivity index (χ1) is 6.19. The van der Waals surface area contributed by atoms with E-state index in [1.54, 1.807) is 0 Å². The predicted molar refractivity (Wildman–Crippen MR) is 54.6 cm³/mol. The van der Waals surface area contributed by atoms with E-state index < -0.39 is 0 Å². The van der Waals surface area contributed by atoms with E-state index in [1.807, 2.05) is 31.8 Å². The number of nitrogens with zero attached hydrogens (tertiary/aromatic N) is 2. The van der Waals surface area contributed by atoms with E-state index >= 15 is 0 Å². The second kappa shape index (κ2) is 4.23. The smallest absolute Gasteiger partial charge is 0.0597 e. The summed E-state index contributed by atoms with van der Waals surface area (Å²) in [6, 6.07) is 2.42. The van der Waals surface area contributed by atoms with Gasteiger partial charge in [-0.05, 0) is 26.5 Å². The van der Waals surface area contributed by atoms with Gasteiger partial charge in [0.1, 0.15) is 0 Å². The van der Waals surface area contributed by atoms with Crippen molar-refractivity contribution in [2.45, 2.75) is 19.4 Å². The molecule has 1 heterocycles. The van der Waals surface area contributed by atoms with Crippen LogP contribution in [0.15, 0.2) is 18.7 Å². The quantitative estimate of drug-likeness (QED) is 0.711. The third kappa shape index (κ3) is 2.18. The Morgan fingerprint density at radius 3 is 2.85 bits per heavy atom. The number of aryl methyl sites for hydroxylation is 2. The molecule has 0 saturated heterocycles. The Kier molecular flexibility index (Phi) is 3.25. The molecule has 72 valence electrons. The fraction of sp³-hybridized carbons (Fsp3) is 0.500. The van der Waals surface area contributed by atoms with Gasteiger partial charge < -0.3 is 5.32 Å². The fourth-order valence-electron chi connectivity index (χ4n) is 1.51. The van der Waals surface area contributed by atoms with Crippen LogP contribution in [0.3, 0.4) is 0 Å². The molecular formula is C10H17N3. The van der Waals surface area contributed by atoms with Crippen molar-refractivity contribution in [2.75, 3.05) is 7.05 Å². The van der Waals surface area contributed by atoms with E-state index in [0.717, 1.165) is 12.1 Å². The zero-order valence-corrected chi connectivity index (χ0v) is 8.54. The first-order valence-corrected chi connectivity index (χ1v) is 4.47. The van der Waals surface area contributed by atoms with Crippen molar-refractivity contribution >= 4 is 0 Å². The summed E-state index contributed by atoms with van der Waals surface area (Å²) in [5.74, 6) is 0. The van der Waals surface area contributed by atoms with Crippen molar-refractivity contribution < 1.29 is 0 Å². The van der Waals surface area contributed by atoms with Gasteiger partial charge in [-0.25, -0.2) is 0 Å². The zero-order chi connectivity index (χ0) is 9.84. The van der Waals surface area contributed by atoms with Crippen molar-refractivity contribution in [1.82, 2.24) is 15.1 Å². The lowest BCUT2D eigenvalue weighted by Gasteiger charge is -2.13. The van der Waals surface area contributed by atoms with E-state index in [0.29, 0.717) is 6.04 Å². The molecule has 0 aromatic carbocycles. The maximum atomic E-state index is 4.30. The third-order valence-electron chi connectivity index (χ3n) is 2.15. The predicted octanol–water partition coefficient (Wildman–Crippen LogP) is 1.57. The van der Waals surface area contributed by atoms with Gasteiger partial charge in [-0.3, -0.25) is 4.68 Å². The van der Waals surface area contributed by atoms with Crippen LogP contribution in [0.25, 0.3) is 0 Å². The fourth-order valence-corrected chi connectivity index (χ4v) is 1.51. The minimum absolute atomic E-state index is 0.323. The first-order valence-electron chi connectivity index (χ1n) is 4.47. The number of aromatic nitrogens is 2. The highest BCUT2D eigenvalue weighted by Gasteiger charge is 2.11. The number of rotatable bonds is 4. The summed E-state index contributed by atoms with van der Waals surface area (Å²) < 4.78 is 1.92. The van der Waals surface area contributed by atoms with Gasteiger partial charge in [0.15, 0.2) is 0 Å². The van der Waals surface area contributed by atoms with Gasteiger partial charge in [0.2, 0.25) is 0 Å². The molecule has 0 spiro atoms. The van der Waals surface area contributed by atoms with Crippen molar-refractivity contribution in [3.05, 3.63) is 30.1 Å². The van der Waals surface area contributed by atoms with Crippen LogP contribution in [0.5, 0.6) is 0 Å². The minimum Gasteiger partial charge on any atom is -0.311 e. The molecule has 0 saturated carbocycles. The lowest BCUT2D eigenvalue weighted by Crippen LogP contribution is -2.18. The highest BCUT2D eigenvalue weighted by molar-refractivity contribution is 5.13. The van der Waals surface area contributed by atoms with Gasteiger partial charge >= 0.3 is 0 Å². The molecular weight excluding hydrogens is 162 g/mol. The molecule has 1 aromatic heterocycles. The second-order valence-corrected chi connectivity index (χ2v) is 3.20. The van der Waals surface area contributed by atoms with Crippen LogP contribution in [-0.2, 0) is 7.05 Å². The SMILES string of the molecule is C=CCC(NC)c1cc(C)nn1C. The molecule has 1 rings (SSSR count). The van der Waals surface area contributed by atoms with Gasteiger partial charge in [-0.2, -0.15) is 5.10 Å². The van der Waals surface area contributed by atoms with E-state index in [-0.39, 0.29) is 0 Å². The summed E-state index contributed by atoms with van der Waals surface area (Å²) in [6.07, 6.45) is 2.85. The van der Waals surface area contributed by atoms with Crippen molar-refractivity contribution in [3.8, 4) is 0 Å². The molecule has 13 heavy (non-hydrogen) atoms. The lowest BCUT2D eigenvalue weighted by molar-refractivity contribution is 0.545. The summed E-state index contributed by atoms with van der Waals surface area (Å²) in [7, 11) is 3.92. The van der Waals surface area contributed by atoms with E-state index in [2.05, 4.69) is 23.1 Å². The van der Waals surface area contributed by atoms with Crippen molar-refractivity contribution in [3.63, 3.8) is 0 Å². The van der Waals surface area contributed by atoms with E-state index in [9.17, 15) is 0 Å². The van der Waals surface area contributed by atoms with Gasteiger partial charge in [0.25, 0.3) is 0 Å². The van der Waals surface area contributed by atoms with E-state index in [4.69, 9.17) is 0 Å². The Hall–Kier alpha value is -1.09. The van der Waals surface area contributed by atoms with Crippen LogP contribution in [0.2, 0.25) is 0 Å². The normalized spacial score (nSPS) is 12.8. The Balaban J connectivity index is 2.89. The molecule has 0 fully saturated rings. The van der Waals surface area contributed by atoms with Crippen LogP contribution in [0.4, 0.5) is 0 Å². The Morgan fingerprint density at radius 2 is 2.46 bits per heavy atom. The third-order valence-corrected chi connectivity index (χ3v) is 2.15. The Bertz CT molecular complexity index is 288. The topological polar surface area (TPSA) is 29.9 Å². The lowest BCUT2D eigenvalue weighted by atomic mass is 10.1. The van der Waals surface area contributed by atoms with Crippen LogP contribution >= 0.6 is 0 Å². The summed E-state index contributed by atoms with van der Waals surface area (Å²) in [6.45, 7) is 5.74. The molecule has 0 aliphatic carbocycles. The van der Waals surface area contributed by atoms with Crippen molar-refractivity contribution in [1.29, 1.82) is 0 Å².